The third-order valence-electron chi connectivity index (χ3n) is 3.47. The molecule has 0 aliphatic carbocycles. The van der Waals surface area contributed by atoms with E-state index in [0.717, 1.165) is 15.8 Å². The SMILES string of the molecule is C#CCn1c(=NC(=O)c2ccccc2C)sc2cc(Cl)ccc21. The number of hydrogen-bond donors (Lipinski definition) is 0. The Morgan fingerprint density at radius 3 is 2.87 bits per heavy atom. The molecule has 1 amide bonds. The number of nitrogens with zero attached hydrogens (tertiary/aromatic N) is 2. The standard InChI is InChI=1S/C18H13ClN2OS/c1-3-10-21-15-9-8-13(19)11-16(15)23-18(21)20-17(22)14-7-5-4-6-12(14)2/h1,4-9,11H,10H2,2H3. The fourth-order valence-corrected chi connectivity index (χ4v) is 3.64. The number of amides is 1. The third kappa shape index (κ3) is 3.07. The Kier molecular flexibility index (Phi) is 4.33. The predicted octanol–water partition coefficient (Wildman–Crippen LogP) is 4.04. The zero-order valence-electron chi connectivity index (χ0n) is 12.4. The van der Waals surface area contributed by atoms with E-state index in [9.17, 15) is 4.79 Å². The summed E-state index contributed by atoms with van der Waals surface area (Å²) >= 11 is 7.44. The van der Waals surface area contributed by atoms with E-state index in [2.05, 4.69) is 10.9 Å². The molecule has 3 rings (SSSR count). The van der Waals surface area contributed by atoms with Crippen molar-refractivity contribution in [2.24, 2.45) is 4.99 Å². The Morgan fingerprint density at radius 2 is 2.13 bits per heavy atom. The van der Waals surface area contributed by atoms with Crippen LogP contribution in [0.4, 0.5) is 0 Å². The molecule has 0 fully saturated rings. The maximum absolute atomic E-state index is 12.5. The maximum atomic E-state index is 12.5. The molecule has 0 saturated carbocycles. The van der Waals surface area contributed by atoms with Crippen molar-refractivity contribution in [1.82, 2.24) is 4.57 Å². The molecular weight excluding hydrogens is 328 g/mol. The van der Waals surface area contributed by atoms with E-state index in [0.29, 0.717) is 21.9 Å². The van der Waals surface area contributed by atoms with Gasteiger partial charge in [-0.05, 0) is 36.8 Å². The molecule has 0 unspecified atom stereocenters. The van der Waals surface area contributed by atoms with Gasteiger partial charge in [0.15, 0.2) is 4.80 Å². The molecule has 0 aliphatic heterocycles. The van der Waals surface area contributed by atoms with Crippen LogP contribution >= 0.6 is 22.9 Å². The summed E-state index contributed by atoms with van der Waals surface area (Å²) in [6.45, 7) is 2.24. The van der Waals surface area contributed by atoms with Gasteiger partial charge in [-0.1, -0.05) is 47.1 Å². The van der Waals surface area contributed by atoms with E-state index in [1.165, 1.54) is 11.3 Å². The number of rotatable bonds is 2. The van der Waals surface area contributed by atoms with Crippen molar-refractivity contribution in [2.75, 3.05) is 0 Å². The average Bonchev–Trinajstić information content (AvgIpc) is 2.84. The number of benzene rings is 2. The largest absolute Gasteiger partial charge is 0.305 e. The summed E-state index contributed by atoms with van der Waals surface area (Å²) < 4.78 is 2.80. The lowest BCUT2D eigenvalue weighted by Gasteiger charge is -2.01. The molecule has 0 spiro atoms. The molecule has 23 heavy (non-hydrogen) atoms. The zero-order valence-corrected chi connectivity index (χ0v) is 14.0. The molecule has 1 heterocycles. The number of aromatic nitrogens is 1. The fraction of sp³-hybridized carbons (Fsp3) is 0.111. The molecule has 3 aromatic rings. The Labute approximate surface area is 142 Å². The highest BCUT2D eigenvalue weighted by atomic mass is 35.5. The minimum atomic E-state index is -0.272. The summed E-state index contributed by atoms with van der Waals surface area (Å²) in [5.41, 5.74) is 2.41. The van der Waals surface area contributed by atoms with Gasteiger partial charge in [0.1, 0.15) is 0 Å². The van der Waals surface area contributed by atoms with E-state index >= 15 is 0 Å². The van der Waals surface area contributed by atoms with E-state index in [1.807, 2.05) is 41.8 Å². The van der Waals surface area contributed by atoms with E-state index in [4.69, 9.17) is 18.0 Å². The fourth-order valence-electron chi connectivity index (χ4n) is 2.34. The molecule has 0 saturated heterocycles. The highest BCUT2D eigenvalue weighted by molar-refractivity contribution is 7.16. The first-order valence-electron chi connectivity index (χ1n) is 6.97. The van der Waals surface area contributed by atoms with Crippen LogP contribution in [0.15, 0.2) is 47.5 Å². The Morgan fingerprint density at radius 1 is 1.35 bits per heavy atom. The van der Waals surface area contributed by atoms with Crippen LogP contribution in [0.5, 0.6) is 0 Å². The van der Waals surface area contributed by atoms with Crippen molar-refractivity contribution < 1.29 is 4.79 Å². The van der Waals surface area contributed by atoms with Gasteiger partial charge >= 0.3 is 0 Å². The zero-order chi connectivity index (χ0) is 16.4. The Hall–Kier alpha value is -2.35. The predicted molar refractivity (Wildman–Crippen MR) is 94.7 cm³/mol. The molecule has 1 aromatic heterocycles. The van der Waals surface area contributed by atoms with Crippen LogP contribution in [0.2, 0.25) is 5.02 Å². The highest BCUT2D eigenvalue weighted by Gasteiger charge is 2.10. The molecule has 0 aliphatic rings. The molecule has 5 heteroatoms. The molecule has 0 bridgehead atoms. The molecule has 2 aromatic carbocycles. The summed E-state index contributed by atoms with van der Waals surface area (Å²) in [5.74, 6) is 2.34. The van der Waals surface area contributed by atoms with Crippen LogP contribution in [-0.4, -0.2) is 10.5 Å². The molecule has 3 nitrogen and oxygen atoms in total. The number of thiazole rings is 1. The molecule has 0 radical (unpaired) electrons. The van der Waals surface area contributed by atoms with Gasteiger partial charge in [-0.25, -0.2) is 0 Å². The number of carbonyl (C=O) groups excluding carboxylic acids is 1. The number of fused-ring (bicyclic) bond motifs is 1. The van der Waals surface area contributed by atoms with Gasteiger partial charge in [0.05, 0.1) is 16.8 Å². The number of carbonyl (C=O) groups is 1. The lowest BCUT2D eigenvalue weighted by molar-refractivity contribution is 0.0997. The second kappa shape index (κ2) is 6.41. The number of terminal acetylenes is 1. The Bertz CT molecular complexity index is 1010. The minimum absolute atomic E-state index is 0.272. The quantitative estimate of drug-likeness (QED) is 0.648. The molecule has 114 valence electrons. The minimum Gasteiger partial charge on any atom is -0.305 e. The number of halogens is 1. The molecule has 0 N–H and O–H groups in total. The first-order valence-corrected chi connectivity index (χ1v) is 8.16. The first kappa shape index (κ1) is 15.5. The van der Waals surface area contributed by atoms with Crippen molar-refractivity contribution in [1.29, 1.82) is 0 Å². The monoisotopic (exact) mass is 340 g/mol. The van der Waals surface area contributed by atoms with E-state index in [-0.39, 0.29) is 5.91 Å². The van der Waals surface area contributed by atoms with Gasteiger partial charge in [0, 0.05) is 10.6 Å². The summed E-state index contributed by atoms with van der Waals surface area (Å²) in [7, 11) is 0. The van der Waals surface area contributed by atoms with Crippen molar-refractivity contribution >= 4 is 39.1 Å². The lowest BCUT2D eigenvalue weighted by Crippen LogP contribution is -2.16. The smallest absolute Gasteiger partial charge is 0.279 e. The lowest BCUT2D eigenvalue weighted by atomic mass is 10.1. The Balaban J connectivity index is 2.19. The van der Waals surface area contributed by atoms with E-state index in [1.54, 1.807) is 12.1 Å². The topological polar surface area (TPSA) is 34.4 Å². The second-order valence-corrected chi connectivity index (χ2v) is 6.46. The third-order valence-corrected chi connectivity index (χ3v) is 4.74. The second-order valence-electron chi connectivity index (χ2n) is 5.02. The summed E-state index contributed by atoms with van der Waals surface area (Å²) in [4.78, 5) is 17.3. The van der Waals surface area contributed by atoms with Gasteiger partial charge in [-0.15, -0.1) is 6.42 Å². The molecule has 0 atom stereocenters. The summed E-state index contributed by atoms with van der Waals surface area (Å²) in [6.07, 6.45) is 5.46. The first-order chi connectivity index (χ1) is 11.1. The van der Waals surface area contributed by atoms with Gasteiger partial charge in [-0.3, -0.25) is 4.79 Å². The highest BCUT2D eigenvalue weighted by Crippen LogP contribution is 2.22. The van der Waals surface area contributed by atoms with Crippen LogP contribution in [0.3, 0.4) is 0 Å². The van der Waals surface area contributed by atoms with Gasteiger partial charge in [-0.2, -0.15) is 4.99 Å². The van der Waals surface area contributed by atoms with Gasteiger partial charge in [0.25, 0.3) is 5.91 Å². The number of aryl methyl sites for hydroxylation is 1. The van der Waals surface area contributed by atoms with E-state index < -0.39 is 0 Å². The maximum Gasteiger partial charge on any atom is 0.279 e. The van der Waals surface area contributed by atoms with Crippen LogP contribution in [0, 0.1) is 19.3 Å². The van der Waals surface area contributed by atoms with Crippen molar-refractivity contribution in [3.05, 3.63) is 63.4 Å². The number of hydrogen-bond acceptors (Lipinski definition) is 2. The van der Waals surface area contributed by atoms with Crippen molar-refractivity contribution in [2.45, 2.75) is 13.5 Å². The summed E-state index contributed by atoms with van der Waals surface area (Å²) in [5, 5.41) is 0.642. The van der Waals surface area contributed by atoms with Crippen LogP contribution in [0.25, 0.3) is 10.2 Å². The normalized spacial score (nSPS) is 11.6. The summed E-state index contributed by atoms with van der Waals surface area (Å²) in [6, 6.07) is 12.9. The van der Waals surface area contributed by atoms with Crippen LogP contribution < -0.4 is 4.80 Å². The van der Waals surface area contributed by atoms with Crippen molar-refractivity contribution in [3.63, 3.8) is 0 Å². The average molecular weight is 341 g/mol. The van der Waals surface area contributed by atoms with Gasteiger partial charge < -0.3 is 4.57 Å². The molecular formula is C18H13ClN2OS. The van der Waals surface area contributed by atoms with Crippen LogP contribution in [-0.2, 0) is 6.54 Å². The van der Waals surface area contributed by atoms with Crippen LogP contribution in [0.1, 0.15) is 15.9 Å². The van der Waals surface area contributed by atoms with Gasteiger partial charge in [0.2, 0.25) is 0 Å². The van der Waals surface area contributed by atoms with Crippen molar-refractivity contribution in [3.8, 4) is 12.3 Å².